The number of imidazole rings is 1. The fraction of sp³-hybridized carbons (Fsp3) is 0.429. The summed E-state index contributed by atoms with van der Waals surface area (Å²) in [5, 5.41) is -0.237. The fourth-order valence-electron chi connectivity index (χ4n) is 2.12. The molecule has 6 nitrogen and oxygen atoms in total. The highest BCUT2D eigenvalue weighted by Crippen LogP contribution is 2.27. The topological polar surface area (TPSA) is 79.4 Å². The normalized spacial score (nSPS) is 12.5. The van der Waals surface area contributed by atoms with Crippen LogP contribution in [-0.4, -0.2) is 35.8 Å². The van der Waals surface area contributed by atoms with Gasteiger partial charge in [0.25, 0.3) is 0 Å². The molecule has 2 N–H and O–H groups in total. The van der Waals surface area contributed by atoms with Gasteiger partial charge in [0.2, 0.25) is 5.91 Å². The van der Waals surface area contributed by atoms with E-state index in [9.17, 15) is 4.79 Å². The summed E-state index contributed by atoms with van der Waals surface area (Å²) >= 11 is 6.19. The highest BCUT2D eigenvalue weighted by molar-refractivity contribution is 6.20. The Kier molecular flexibility index (Phi) is 5.03. The first-order chi connectivity index (χ1) is 10.0. The van der Waals surface area contributed by atoms with E-state index in [0.29, 0.717) is 13.2 Å². The Morgan fingerprint density at radius 1 is 1.52 bits per heavy atom. The van der Waals surface area contributed by atoms with Crippen LogP contribution in [0.4, 0.5) is 0 Å². The molecular formula is C14H18ClN3O3. The average molecular weight is 312 g/mol. The number of ether oxygens (including phenoxy) is 2. The number of rotatable bonds is 7. The van der Waals surface area contributed by atoms with Crippen molar-refractivity contribution in [3.63, 3.8) is 0 Å². The van der Waals surface area contributed by atoms with Crippen LogP contribution < -0.4 is 10.5 Å². The summed E-state index contributed by atoms with van der Waals surface area (Å²) in [6.07, 6.45) is 0. The number of alkyl halides is 1. The number of hydrogen-bond acceptors (Lipinski definition) is 4. The zero-order valence-electron chi connectivity index (χ0n) is 12.0. The third-order valence-electron chi connectivity index (χ3n) is 3.04. The molecule has 21 heavy (non-hydrogen) atoms. The van der Waals surface area contributed by atoms with Gasteiger partial charge in [-0.2, -0.15) is 0 Å². The molecular weight excluding hydrogens is 294 g/mol. The molecule has 1 atom stereocenters. The third-order valence-corrected chi connectivity index (χ3v) is 3.24. The van der Waals surface area contributed by atoms with Gasteiger partial charge >= 0.3 is 0 Å². The second-order valence-corrected chi connectivity index (χ2v) is 5.27. The van der Waals surface area contributed by atoms with E-state index >= 15 is 0 Å². The summed E-state index contributed by atoms with van der Waals surface area (Å²) in [7, 11) is 1.61. The van der Waals surface area contributed by atoms with Crippen LogP contribution in [0.5, 0.6) is 5.75 Å². The van der Waals surface area contributed by atoms with Gasteiger partial charge in [-0.15, -0.1) is 11.6 Å². The van der Waals surface area contributed by atoms with E-state index in [2.05, 4.69) is 4.98 Å². The first kappa shape index (κ1) is 15.6. The van der Waals surface area contributed by atoms with Crippen LogP contribution in [0.25, 0.3) is 11.0 Å². The van der Waals surface area contributed by atoms with Gasteiger partial charge in [0.05, 0.1) is 30.1 Å². The number of benzene rings is 1. The number of halogens is 1. The van der Waals surface area contributed by atoms with Crippen LogP contribution in [0.1, 0.15) is 18.1 Å². The van der Waals surface area contributed by atoms with E-state index < -0.39 is 5.91 Å². The van der Waals surface area contributed by atoms with E-state index in [1.165, 1.54) is 0 Å². The lowest BCUT2D eigenvalue weighted by molar-refractivity contribution is -0.122. The molecule has 114 valence electrons. The van der Waals surface area contributed by atoms with Crippen molar-refractivity contribution in [2.24, 2.45) is 5.73 Å². The number of amides is 1. The number of fused-ring (bicyclic) bond motifs is 1. The van der Waals surface area contributed by atoms with Crippen molar-refractivity contribution >= 4 is 28.5 Å². The number of hydrogen-bond donors (Lipinski definition) is 1. The summed E-state index contributed by atoms with van der Waals surface area (Å²) in [6.45, 7) is 2.67. The van der Waals surface area contributed by atoms with Crippen molar-refractivity contribution in [2.75, 3.05) is 20.3 Å². The maximum absolute atomic E-state index is 10.7. The standard InChI is InChI=1S/C14H18ClN3O3/c1-9(15)14-17-11-7-10(20-2)3-4-12(11)18(14)5-6-21-8-13(16)19/h3-4,7,9H,5-6,8H2,1-2H3,(H2,16,19). The SMILES string of the molecule is COc1ccc2c(c1)nc(C(C)Cl)n2CCOCC(N)=O. The largest absolute Gasteiger partial charge is 0.497 e. The van der Waals surface area contributed by atoms with Gasteiger partial charge in [0, 0.05) is 12.6 Å². The van der Waals surface area contributed by atoms with Gasteiger partial charge in [0.1, 0.15) is 18.2 Å². The van der Waals surface area contributed by atoms with E-state index in [1.54, 1.807) is 7.11 Å². The van der Waals surface area contributed by atoms with Crippen LogP contribution >= 0.6 is 11.6 Å². The molecule has 7 heteroatoms. The zero-order valence-corrected chi connectivity index (χ0v) is 12.8. The fourth-order valence-corrected chi connectivity index (χ4v) is 2.29. The minimum atomic E-state index is -0.485. The minimum Gasteiger partial charge on any atom is -0.497 e. The predicted octanol–water partition coefficient (Wildman–Crippen LogP) is 1.85. The van der Waals surface area contributed by atoms with Crippen LogP contribution in [0.2, 0.25) is 0 Å². The number of carbonyl (C=O) groups is 1. The molecule has 1 aromatic carbocycles. The summed E-state index contributed by atoms with van der Waals surface area (Å²) in [5.74, 6) is 1.01. The van der Waals surface area contributed by atoms with Crippen molar-refractivity contribution in [3.05, 3.63) is 24.0 Å². The van der Waals surface area contributed by atoms with Gasteiger partial charge < -0.3 is 19.8 Å². The molecule has 0 saturated heterocycles. The van der Waals surface area contributed by atoms with E-state index in [0.717, 1.165) is 22.6 Å². The lowest BCUT2D eigenvalue weighted by atomic mass is 10.3. The first-order valence-corrected chi connectivity index (χ1v) is 7.01. The van der Waals surface area contributed by atoms with Crippen LogP contribution in [-0.2, 0) is 16.1 Å². The number of aromatic nitrogens is 2. The Balaban J connectivity index is 2.26. The number of carbonyl (C=O) groups excluding carboxylic acids is 1. The summed E-state index contributed by atoms with van der Waals surface area (Å²) in [4.78, 5) is 15.2. The maximum atomic E-state index is 10.7. The van der Waals surface area contributed by atoms with Gasteiger partial charge in [-0.05, 0) is 19.1 Å². The van der Waals surface area contributed by atoms with Crippen molar-refractivity contribution in [1.82, 2.24) is 9.55 Å². The molecule has 1 amide bonds. The van der Waals surface area contributed by atoms with E-state index in [4.69, 9.17) is 26.8 Å². The summed E-state index contributed by atoms with van der Waals surface area (Å²) in [6, 6.07) is 5.66. The first-order valence-electron chi connectivity index (χ1n) is 6.57. The predicted molar refractivity (Wildman–Crippen MR) is 80.6 cm³/mol. The Labute approximate surface area is 127 Å². The molecule has 0 spiro atoms. The molecule has 1 aromatic heterocycles. The van der Waals surface area contributed by atoms with Gasteiger partial charge in [-0.1, -0.05) is 0 Å². The smallest absolute Gasteiger partial charge is 0.243 e. The van der Waals surface area contributed by atoms with Crippen molar-refractivity contribution in [2.45, 2.75) is 18.8 Å². The second kappa shape index (κ2) is 6.78. The monoisotopic (exact) mass is 311 g/mol. The average Bonchev–Trinajstić information content (AvgIpc) is 2.81. The van der Waals surface area contributed by atoms with Crippen LogP contribution in [0.15, 0.2) is 18.2 Å². The molecule has 0 aliphatic carbocycles. The minimum absolute atomic E-state index is 0.0911. The lowest BCUT2D eigenvalue weighted by Gasteiger charge is -2.10. The number of nitrogens with zero attached hydrogens (tertiary/aromatic N) is 2. The molecule has 0 fully saturated rings. The van der Waals surface area contributed by atoms with Crippen LogP contribution in [0.3, 0.4) is 0 Å². The highest BCUT2D eigenvalue weighted by Gasteiger charge is 2.15. The van der Waals surface area contributed by atoms with Crippen molar-refractivity contribution in [1.29, 1.82) is 0 Å². The van der Waals surface area contributed by atoms with Crippen molar-refractivity contribution in [3.8, 4) is 5.75 Å². The molecule has 0 aliphatic rings. The van der Waals surface area contributed by atoms with Gasteiger partial charge in [-0.25, -0.2) is 4.98 Å². The molecule has 2 rings (SSSR count). The molecule has 0 radical (unpaired) electrons. The van der Waals surface area contributed by atoms with Gasteiger partial charge in [0.15, 0.2) is 0 Å². The number of primary amides is 1. The number of nitrogens with two attached hydrogens (primary N) is 1. The molecule has 0 aliphatic heterocycles. The Morgan fingerprint density at radius 3 is 2.90 bits per heavy atom. The molecule has 0 bridgehead atoms. The van der Waals surface area contributed by atoms with Crippen molar-refractivity contribution < 1.29 is 14.3 Å². The molecule has 2 aromatic rings. The Bertz CT molecular complexity index is 640. The Morgan fingerprint density at radius 2 is 2.29 bits per heavy atom. The molecule has 1 unspecified atom stereocenters. The quantitative estimate of drug-likeness (QED) is 0.625. The van der Waals surface area contributed by atoms with Gasteiger partial charge in [-0.3, -0.25) is 4.79 Å². The van der Waals surface area contributed by atoms with Crippen LogP contribution in [0, 0.1) is 0 Å². The van der Waals surface area contributed by atoms with E-state index in [1.807, 2.05) is 29.7 Å². The molecule has 1 heterocycles. The second-order valence-electron chi connectivity index (χ2n) is 4.61. The molecule has 0 saturated carbocycles. The van der Waals surface area contributed by atoms with E-state index in [-0.39, 0.29) is 12.0 Å². The Hall–Kier alpha value is -1.79. The highest BCUT2D eigenvalue weighted by atomic mass is 35.5. The maximum Gasteiger partial charge on any atom is 0.243 e. The number of methoxy groups -OCH3 is 1. The third kappa shape index (κ3) is 3.65. The summed E-state index contributed by atoms with van der Waals surface area (Å²) in [5.41, 5.74) is 6.79. The lowest BCUT2D eigenvalue weighted by Crippen LogP contribution is -2.20. The zero-order chi connectivity index (χ0) is 15.4. The summed E-state index contributed by atoms with van der Waals surface area (Å²) < 4.78 is 12.4.